The summed E-state index contributed by atoms with van der Waals surface area (Å²) in [5.74, 6) is -0.0206. The van der Waals surface area contributed by atoms with E-state index >= 15 is 0 Å². The quantitative estimate of drug-likeness (QED) is 0.837. The third-order valence-electron chi connectivity index (χ3n) is 5.14. The first-order chi connectivity index (χ1) is 11.8. The number of nitrogens with one attached hydrogen (secondary N) is 2. The number of quaternary nitrogens is 1. The van der Waals surface area contributed by atoms with Crippen LogP contribution in [0.1, 0.15) is 40.0 Å². The maximum absolute atomic E-state index is 12.9. The molecular formula is C19H29ClN3O2+. The highest BCUT2D eigenvalue weighted by Crippen LogP contribution is 2.23. The number of likely N-dealkylation sites (tertiary alicyclic amines) is 1. The summed E-state index contributed by atoms with van der Waals surface area (Å²) >= 11 is 6.07. The molecular weight excluding hydrogens is 338 g/mol. The van der Waals surface area contributed by atoms with Gasteiger partial charge in [-0.25, -0.2) is 0 Å². The molecule has 1 aromatic carbocycles. The molecule has 1 heterocycles. The standard InChI is InChI=1S/C19H28ClN3O2/c1-13-8-7-9-14(2)23(13)19(25)15(3)22(4)12-18(24)21-17-11-6-5-10-16(17)20/h5-6,10-11,13-15H,7-9,12H2,1-4H3,(H,21,24)/p+1/t13-,14-,15-/m1/s1. The zero-order valence-corrected chi connectivity index (χ0v) is 16.3. The van der Waals surface area contributed by atoms with Crippen LogP contribution in [0.4, 0.5) is 5.69 Å². The number of piperidine rings is 1. The van der Waals surface area contributed by atoms with Crippen molar-refractivity contribution in [2.45, 2.75) is 58.2 Å². The van der Waals surface area contributed by atoms with Crippen LogP contribution in [0.25, 0.3) is 0 Å². The molecule has 0 spiro atoms. The number of hydrogen-bond donors (Lipinski definition) is 2. The van der Waals surface area contributed by atoms with E-state index in [0.29, 0.717) is 10.7 Å². The minimum Gasteiger partial charge on any atom is -0.332 e. The Bertz CT molecular complexity index is 612. The summed E-state index contributed by atoms with van der Waals surface area (Å²) in [6.07, 6.45) is 3.27. The average molecular weight is 367 g/mol. The highest BCUT2D eigenvalue weighted by Gasteiger charge is 2.35. The van der Waals surface area contributed by atoms with Gasteiger partial charge in [-0.05, 0) is 52.2 Å². The maximum Gasteiger partial charge on any atom is 0.281 e. The van der Waals surface area contributed by atoms with Crippen LogP contribution in [0.15, 0.2) is 24.3 Å². The number of hydrogen-bond acceptors (Lipinski definition) is 2. The number of para-hydroxylation sites is 1. The first kappa shape index (κ1) is 19.7. The Kier molecular flexibility index (Phi) is 6.85. The highest BCUT2D eigenvalue weighted by molar-refractivity contribution is 6.33. The normalized spacial score (nSPS) is 23.0. The van der Waals surface area contributed by atoms with Crippen molar-refractivity contribution in [3.8, 4) is 0 Å². The molecule has 1 aromatic rings. The van der Waals surface area contributed by atoms with Crippen molar-refractivity contribution in [3.05, 3.63) is 29.3 Å². The van der Waals surface area contributed by atoms with E-state index in [1.54, 1.807) is 12.1 Å². The van der Waals surface area contributed by atoms with Gasteiger partial charge in [-0.1, -0.05) is 23.7 Å². The molecule has 0 aliphatic carbocycles. The number of carbonyl (C=O) groups excluding carboxylic acids is 2. The van der Waals surface area contributed by atoms with Crippen LogP contribution in [-0.4, -0.2) is 48.4 Å². The maximum atomic E-state index is 12.9. The van der Waals surface area contributed by atoms with Gasteiger partial charge in [0.2, 0.25) is 0 Å². The minimum atomic E-state index is -0.264. The SMILES string of the molecule is C[C@@H]1CCC[C@@H](C)N1C(=O)[C@@H](C)[NH+](C)CC(=O)Nc1ccccc1Cl. The van der Waals surface area contributed by atoms with Crippen LogP contribution < -0.4 is 10.2 Å². The fraction of sp³-hybridized carbons (Fsp3) is 0.579. The monoisotopic (exact) mass is 366 g/mol. The zero-order chi connectivity index (χ0) is 18.6. The van der Waals surface area contributed by atoms with E-state index in [4.69, 9.17) is 11.6 Å². The lowest BCUT2D eigenvalue weighted by Gasteiger charge is -2.40. The Balaban J connectivity index is 1.95. The fourth-order valence-corrected chi connectivity index (χ4v) is 3.64. The number of anilines is 1. The third-order valence-corrected chi connectivity index (χ3v) is 5.47. The average Bonchev–Trinajstić information content (AvgIpc) is 2.55. The van der Waals surface area contributed by atoms with E-state index in [9.17, 15) is 9.59 Å². The lowest BCUT2D eigenvalue weighted by atomic mass is 9.96. The number of carbonyl (C=O) groups is 2. The zero-order valence-electron chi connectivity index (χ0n) is 15.5. The summed E-state index contributed by atoms with van der Waals surface area (Å²) in [7, 11) is 1.88. The molecule has 5 nitrogen and oxygen atoms in total. The smallest absolute Gasteiger partial charge is 0.281 e. The van der Waals surface area contributed by atoms with Gasteiger partial charge in [0.15, 0.2) is 12.6 Å². The van der Waals surface area contributed by atoms with Gasteiger partial charge >= 0.3 is 0 Å². The molecule has 2 rings (SSSR count). The molecule has 0 bridgehead atoms. The van der Waals surface area contributed by atoms with Crippen LogP contribution in [0, 0.1) is 0 Å². The van der Waals surface area contributed by atoms with E-state index in [1.165, 1.54) is 6.42 Å². The first-order valence-corrected chi connectivity index (χ1v) is 9.38. The van der Waals surface area contributed by atoms with Crippen LogP contribution in [0.2, 0.25) is 5.02 Å². The summed E-state index contributed by atoms with van der Waals surface area (Å²) in [5.41, 5.74) is 0.597. The van der Waals surface area contributed by atoms with Crippen molar-refractivity contribution >= 4 is 29.1 Å². The molecule has 1 aliphatic heterocycles. The molecule has 138 valence electrons. The van der Waals surface area contributed by atoms with Crippen molar-refractivity contribution in [1.82, 2.24) is 4.90 Å². The number of benzene rings is 1. The van der Waals surface area contributed by atoms with Gasteiger partial charge in [-0.2, -0.15) is 0 Å². The molecule has 6 heteroatoms. The second kappa shape index (κ2) is 8.68. The Morgan fingerprint density at radius 3 is 2.48 bits per heavy atom. The molecule has 0 radical (unpaired) electrons. The summed E-state index contributed by atoms with van der Waals surface area (Å²) < 4.78 is 0. The number of nitrogens with zero attached hydrogens (tertiary/aromatic N) is 1. The summed E-state index contributed by atoms with van der Waals surface area (Å²) in [6.45, 7) is 6.34. The lowest BCUT2D eigenvalue weighted by molar-refractivity contribution is -0.886. The predicted molar refractivity (Wildman–Crippen MR) is 101 cm³/mol. The largest absolute Gasteiger partial charge is 0.332 e. The molecule has 25 heavy (non-hydrogen) atoms. The lowest BCUT2D eigenvalue weighted by Crippen LogP contribution is -3.15. The Hall–Kier alpha value is -1.59. The van der Waals surface area contributed by atoms with Crippen molar-refractivity contribution in [3.63, 3.8) is 0 Å². The summed E-state index contributed by atoms with van der Waals surface area (Å²) in [5, 5.41) is 3.32. The molecule has 1 saturated heterocycles. The second-order valence-electron chi connectivity index (χ2n) is 7.15. The predicted octanol–water partition coefficient (Wildman–Crippen LogP) is 1.97. The topological polar surface area (TPSA) is 53.9 Å². The molecule has 2 N–H and O–H groups in total. The molecule has 2 amide bonds. The van der Waals surface area contributed by atoms with Crippen molar-refractivity contribution in [2.24, 2.45) is 0 Å². The number of halogens is 1. The molecule has 0 saturated carbocycles. The number of amides is 2. The van der Waals surface area contributed by atoms with E-state index in [1.807, 2.05) is 31.0 Å². The Labute approximate surface area is 155 Å². The fourth-order valence-electron chi connectivity index (χ4n) is 3.45. The van der Waals surface area contributed by atoms with Gasteiger partial charge in [0.1, 0.15) is 0 Å². The van der Waals surface area contributed by atoms with Gasteiger partial charge in [-0.3, -0.25) is 9.59 Å². The van der Waals surface area contributed by atoms with Gasteiger partial charge in [0, 0.05) is 12.1 Å². The van der Waals surface area contributed by atoms with Gasteiger partial charge in [0.25, 0.3) is 11.8 Å². The van der Waals surface area contributed by atoms with Crippen LogP contribution in [0.5, 0.6) is 0 Å². The molecule has 0 aromatic heterocycles. The first-order valence-electron chi connectivity index (χ1n) is 9.00. The number of likely N-dealkylation sites (N-methyl/N-ethyl adjacent to an activating group) is 1. The van der Waals surface area contributed by atoms with Crippen molar-refractivity contribution in [2.75, 3.05) is 18.9 Å². The van der Waals surface area contributed by atoms with Gasteiger partial charge < -0.3 is 15.1 Å². The van der Waals surface area contributed by atoms with Crippen LogP contribution in [-0.2, 0) is 9.59 Å². The van der Waals surface area contributed by atoms with Crippen LogP contribution >= 0.6 is 11.6 Å². The van der Waals surface area contributed by atoms with Crippen molar-refractivity contribution in [1.29, 1.82) is 0 Å². The van der Waals surface area contributed by atoms with Crippen LogP contribution in [0.3, 0.4) is 0 Å². The minimum absolute atomic E-state index is 0.128. The molecule has 1 fully saturated rings. The van der Waals surface area contributed by atoms with Crippen molar-refractivity contribution < 1.29 is 14.5 Å². The number of rotatable bonds is 5. The van der Waals surface area contributed by atoms with E-state index in [2.05, 4.69) is 19.2 Å². The molecule has 1 aliphatic rings. The summed E-state index contributed by atoms with van der Waals surface area (Å²) in [6, 6.07) is 7.41. The van der Waals surface area contributed by atoms with E-state index in [-0.39, 0.29) is 36.5 Å². The highest BCUT2D eigenvalue weighted by atomic mass is 35.5. The van der Waals surface area contributed by atoms with Gasteiger partial charge in [0.05, 0.1) is 17.8 Å². The summed E-state index contributed by atoms with van der Waals surface area (Å²) in [4.78, 5) is 28.1. The van der Waals surface area contributed by atoms with E-state index < -0.39 is 0 Å². The molecule has 4 atom stereocenters. The molecule has 1 unspecified atom stereocenters. The Morgan fingerprint density at radius 1 is 1.28 bits per heavy atom. The van der Waals surface area contributed by atoms with E-state index in [0.717, 1.165) is 17.7 Å². The third kappa shape index (κ3) is 4.95. The second-order valence-corrected chi connectivity index (χ2v) is 7.55. The Morgan fingerprint density at radius 2 is 1.88 bits per heavy atom. The van der Waals surface area contributed by atoms with Gasteiger partial charge in [-0.15, -0.1) is 0 Å².